The summed E-state index contributed by atoms with van der Waals surface area (Å²) in [5.41, 5.74) is 0. The van der Waals surface area contributed by atoms with Crippen LogP contribution in [0.25, 0.3) is 0 Å². The predicted octanol–water partition coefficient (Wildman–Crippen LogP) is 1.76. The van der Waals surface area contributed by atoms with Crippen LogP contribution in [0.2, 0.25) is 0 Å². The molecule has 0 aromatic carbocycles. The molecule has 5 heteroatoms. The fraction of sp³-hybridized carbons (Fsp3) is 0.500. The molecule has 0 spiro atoms. The Hall–Kier alpha value is -1.65. The minimum atomic E-state index is -0.624. The molecule has 4 nitrogen and oxygen atoms in total. The molecule has 1 unspecified atom stereocenters. The van der Waals surface area contributed by atoms with Gasteiger partial charge in [-0.15, -0.1) is 0 Å². The Morgan fingerprint density at radius 1 is 1.47 bits per heavy atom. The molecule has 1 N–H and O–H groups in total. The summed E-state index contributed by atoms with van der Waals surface area (Å²) >= 11 is 0. The zero-order chi connectivity index (χ0) is 12.8. The number of aromatic nitrogens is 1. The highest BCUT2D eigenvalue weighted by Gasteiger charge is 2.14. The highest BCUT2D eigenvalue weighted by molar-refractivity contribution is 5.80. The van der Waals surface area contributed by atoms with E-state index in [1.165, 1.54) is 18.3 Å². The molecule has 0 aliphatic heterocycles. The molecule has 17 heavy (non-hydrogen) atoms. The van der Waals surface area contributed by atoms with Crippen molar-refractivity contribution in [3.8, 4) is 5.75 Å². The molecule has 0 radical (unpaired) electrons. The molecule has 1 aromatic rings. The largest absolute Gasteiger partial charge is 0.479 e. The normalized spacial score (nSPS) is 12.3. The molecule has 1 aromatic heterocycles. The van der Waals surface area contributed by atoms with Crippen molar-refractivity contribution in [2.24, 2.45) is 5.92 Å². The van der Waals surface area contributed by atoms with Gasteiger partial charge in [0.1, 0.15) is 5.75 Å². The van der Waals surface area contributed by atoms with Crippen molar-refractivity contribution >= 4 is 5.91 Å². The Morgan fingerprint density at radius 3 is 2.71 bits per heavy atom. The summed E-state index contributed by atoms with van der Waals surface area (Å²) < 4.78 is 17.9. The predicted molar refractivity (Wildman–Crippen MR) is 62.1 cm³/mol. The van der Waals surface area contributed by atoms with Crippen molar-refractivity contribution in [3.63, 3.8) is 0 Å². The van der Waals surface area contributed by atoms with Gasteiger partial charge in [0.2, 0.25) is 5.95 Å². The minimum absolute atomic E-state index is 0.192. The lowest BCUT2D eigenvalue weighted by Crippen LogP contribution is -2.38. The van der Waals surface area contributed by atoms with Crippen molar-refractivity contribution in [3.05, 3.63) is 24.3 Å². The van der Waals surface area contributed by atoms with Gasteiger partial charge in [-0.2, -0.15) is 4.39 Å². The van der Waals surface area contributed by atoms with Gasteiger partial charge < -0.3 is 10.1 Å². The molecule has 0 aliphatic rings. The fourth-order valence-electron chi connectivity index (χ4n) is 1.14. The van der Waals surface area contributed by atoms with E-state index in [0.717, 1.165) is 0 Å². The van der Waals surface area contributed by atoms with Gasteiger partial charge in [0.25, 0.3) is 5.91 Å². The number of ether oxygens (including phenoxy) is 1. The van der Waals surface area contributed by atoms with E-state index in [-0.39, 0.29) is 5.91 Å². The fourth-order valence-corrected chi connectivity index (χ4v) is 1.14. The van der Waals surface area contributed by atoms with E-state index in [9.17, 15) is 9.18 Å². The molecule has 0 aliphatic carbocycles. The molecule has 0 saturated heterocycles. The van der Waals surface area contributed by atoms with Crippen molar-refractivity contribution in [1.82, 2.24) is 10.3 Å². The quantitative estimate of drug-likeness (QED) is 0.798. The second-order valence-electron chi connectivity index (χ2n) is 4.22. The number of halogens is 1. The van der Waals surface area contributed by atoms with Gasteiger partial charge in [-0.3, -0.25) is 4.79 Å². The first-order chi connectivity index (χ1) is 7.99. The standard InChI is InChI=1S/C12H17FN2O2/c1-8(2)6-15-12(16)9(3)17-10-4-5-11(13)14-7-10/h4-5,7-9H,6H2,1-3H3,(H,15,16). The van der Waals surface area contributed by atoms with E-state index < -0.39 is 12.1 Å². The van der Waals surface area contributed by atoms with Gasteiger partial charge in [0, 0.05) is 6.54 Å². The number of rotatable bonds is 5. The maximum absolute atomic E-state index is 12.5. The topological polar surface area (TPSA) is 51.2 Å². The van der Waals surface area contributed by atoms with Crippen LogP contribution in [-0.4, -0.2) is 23.5 Å². The van der Waals surface area contributed by atoms with E-state index in [4.69, 9.17) is 4.74 Å². The van der Waals surface area contributed by atoms with E-state index in [1.807, 2.05) is 13.8 Å². The Labute approximate surface area is 100 Å². The van der Waals surface area contributed by atoms with Crippen LogP contribution in [0.4, 0.5) is 4.39 Å². The molecule has 0 bridgehead atoms. The Bertz CT molecular complexity index is 365. The first-order valence-electron chi connectivity index (χ1n) is 5.55. The minimum Gasteiger partial charge on any atom is -0.479 e. The van der Waals surface area contributed by atoms with Crippen molar-refractivity contribution in [2.45, 2.75) is 26.9 Å². The van der Waals surface area contributed by atoms with Gasteiger partial charge in [0.15, 0.2) is 6.10 Å². The molecule has 1 rings (SSSR count). The van der Waals surface area contributed by atoms with Gasteiger partial charge in [-0.05, 0) is 25.0 Å². The summed E-state index contributed by atoms with van der Waals surface area (Å²) in [6, 6.07) is 2.63. The molecule has 1 amide bonds. The van der Waals surface area contributed by atoms with Crippen molar-refractivity contribution in [1.29, 1.82) is 0 Å². The number of amides is 1. The van der Waals surface area contributed by atoms with Crippen LogP contribution in [-0.2, 0) is 4.79 Å². The number of hydrogen-bond donors (Lipinski definition) is 1. The van der Waals surface area contributed by atoms with Crippen molar-refractivity contribution < 1.29 is 13.9 Å². The van der Waals surface area contributed by atoms with E-state index >= 15 is 0 Å². The van der Waals surface area contributed by atoms with Crippen LogP contribution in [0.5, 0.6) is 5.75 Å². The van der Waals surface area contributed by atoms with Crippen LogP contribution in [0.3, 0.4) is 0 Å². The molecular weight excluding hydrogens is 223 g/mol. The van der Waals surface area contributed by atoms with Crippen LogP contribution in [0, 0.1) is 11.9 Å². The first-order valence-corrected chi connectivity index (χ1v) is 5.55. The zero-order valence-corrected chi connectivity index (χ0v) is 10.2. The molecule has 0 fully saturated rings. The monoisotopic (exact) mass is 240 g/mol. The third-order valence-electron chi connectivity index (χ3n) is 2.07. The number of nitrogens with one attached hydrogen (secondary N) is 1. The van der Waals surface area contributed by atoms with Crippen LogP contribution < -0.4 is 10.1 Å². The summed E-state index contributed by atoms with van der Waals surface area (Å²) in [6.45, 7) is 6.26. The third kappa shape index (κ3) is 4.80. The second kappa shape index (κ2) is 6.18. The number of hydrogen-bond acceptors (Lipinski definition) is 3. The maximum Gasteiger partial charge on any atom is 0.260 e. The molecule has 94 valence electrons. The lowest BCUT2D eigenvalue weighted by Gasteiger charge is -2.15. The van der Waals surface area contributed by atoms with E-state index in [2.05, 4.69) is 10.3 Å². The van der Waals surface area contributed by atoms with Gasteiger partial charge in [-0.1, -0.05) is 13.8 Å². The van der Waals surface area contributed by atoms with Crippen LogP contribution in [0.1, 0.15) is 20.8 Å². The first kappa shape index (κ1) is 13.4. The summed E-state index contributed by atoms with van der Waals surface area (Å²) in [7, 11) is 0. The maximum atomic E-state index is 12.5. The highest BCUT2D eigenvalue weighted by Crippen LogP contribution is 2.10. The number of carbonyl (C=O) groups is 1. The smallest absolute Gasteiger partial charge is 0.260 e. The van der Waals surface area contributed by atoms with Gasteiger partial charge in [-0.25, -0.2) is 4.98 Å². The van der Waals surface area contributed by atoms with Crippen molar-refractivity contribution in [2.75, 3.05) is 6.54 Å². The second-order valence-corrected chi connectivity index (χ2v) is 4.22. The number of pyridine rings is 1. The molecule has 1 heterocycles. The molecule has 0 saturated carbocycles. The zero-order valence-electron chi connectivity index (χ0n) is 10.2. The summed E-state index contributed by atoms with van der Waals surface area (Å²) in [4.78, 5) is 15.0. The lowest BCUT2D eigenvalue weighted by atomic mass is 10.2. The van der Waals surface area contributed by atoms with E-state index in [1.54, 1.807) is 6.92 Å². The summed E-state index contributed by atoms with van der Waals surface area (Å²) in [5, 5.41) is 2.76. The van der Waals surface area contributed by atoms with Gasteiger partial charge >= 0.3 is 0 Å². The third-order valence-corrected chi connectivity index (χ3v) is 2.07. The Morgan fingerprint density at radius 2 is 2.18 bits per heavy atom. The average Bonchev–Trinajstić information content (AvgIpc) is 2.28. The Kier molecular flexibility index (Phi) is 4.87. The summed E-state index contributed by atoms with van der Waals surface area (Å²) in [5.74, 6) is -0.00507. The summed E-state index contributed by atoms with van der Waals surface area (Å²) in [6.07, 6.45) is 0.627. The molecular formula is C12H17FN2O2. The van der Waals surface area contributed by atoms with Crippen LogP contribution in [0.15, 0.2) is 18.3 Å². The number of nitrogens with zero attached hydrogens (tertiary/aromatic N) is 1. The van der Waals surface area contributed by atoms with Gasteiger partial charge in [0.05, 0.1) is 6.20 Å². The van der Waals surface area contributed by atoms with E-state index in [0.29, 0.717) is 18.2 Å². The highest BCUT2D eigenvalue weighted by atomic mass is 19.1. The average molecular weight is 240 g/mol. The molecule has 1 atom stereocenters. The SMILES string of the molecule is CC(C)CNC(=O)C(C)Oc1ccc(F)nc1. The Balaban J connectivity index is 2.45. The van der Waals surface area contributed by atoms with Crippen LogP contribution >= 0.6 is 0 Å². The lowest BCUT2D eigenvalue weighted by molar-refractivity contribution is -0.127. The number of carbonyl (C=O) groups excluding carboxylic acids is 1.